The summed E-state index contributed by atoms with van der Waals surface area (Å²) in [5, 5.41) is 15.8. The maximum absolute atomic E-state index is 12.9. The summed E-state index contributed by atoms with van der Waals surface area (Å²) in [6.07, 6.45) is 1.79. The normalized spacial score (nSPS) is 10.8. The summed E-state index contributed by atoms with van der Waals surface area (Å²) in [5.74, 6) is 0.623. The van der Waals surface area contributed by atoms with Crippen LogP contribution in [0.4, 0.5) is 10.1 Å². The van der Waals surface area contributed by atoms with Gasteiger partial charge in [-0.15, -0.1) is 15.3 Å². The predicted molar refractivity (Wildman–Crippen MR) is 95.5 cm³/mol. The number of rotatable bonds is 6. The molecule has 0 saturated carbocycles. The molecule has 1 aromatic carbocycles. The van der Waals surface area contributed by atoms with Crippen molar-refractivity contribution in [2.24, 2.45) is 14.1 Å². The van der Waals surface area contributed by atoms with E-state index in [9.17, 15) is 9.18 Å². The van der Waals surface area contributed by atoms with E-state index in [1.54, 1.807) is 22.5 Å². The van der Waals surface area contributed by atoms with Crippen molar-refractivity contribution in [1.82, 2.24) is 24.5 Å². The lowest BCUT2D eigenvalue weighted by Gasteiger charge is -2.05. The van der Waals surface area contributed by atoms with Gasteiger partial charge in [0, 0.05) is 26.0 Å². The maximum Gasteiger partial charge on any atom is 0.243 e. The molecule has 3 aromatic rings. The van der Waals surface area contributed by atoms with Crippen LogP contribution in [0.25, 0.3) is 11.4 Å². The van der Waals surface area contributed by atoms with Gasteiger partial charge in [0.1, 0.15) is 11.4 Å². The smallest absolute Gasteiger partial charge is 0.243 e. The van der Waals surface area contributed by atoms with Crippen LogP contribution in [0.3, 0.4) is 0 Å². The molecule has 0 radical (unpaired) electrons. The van der Waals surface area contributed by atoms with Crippen LogP contribution in [-0.2, 0) is 18.9 Å². The quantitative estimate of drug-likeness (QED) is 0.663. The third-order valence-electron chi connectivity index (χ3n) is 3.52. The maximum atomic E-state index is 12.9. The van der Waals surface area contributed by atoms with Gasteiger partial charge in [0.05, 0.1) is 12.9 Å². The zero-order chi connectivity index (χ0) is 18.7. The molecule has 2 heterocycles. The lowest BCUT2D eigenvalue weighted by Crippen LogP contribution is -2.14. The summed E-state index contributed by atoms with van der Waals surface area (Å²) in [6.45, 7) is 0. The number of methoxy groups -OCH3 is 1. The van der Waals surface area contributed by atoms with Crippen molar-refractivity contribution in [2.45, 2.75) is 5.16 Å². The van der Waals surface area contributed by atoms with Gasteiger partial charge in [-0.25, -0.2) is 4.39 Å². The Morgan fingerprint density at radius 2 is 2.00 bits per heavy atom. The fourth-order valence-electron chi connectivity index (χ4n) is 2.31. The second-order valence-electron chi connectivity index (χ2n) is 5.43. The summed E-state index contributed by atoms with van der Waals surface area (Å²) >= 11 is 1.25. The minimum Gasteiger partial charge on any atom is -0.479 e. The molecule has 0 fully saturated rings. The van der Waals surface area contributed by atoms with Crippen molar-refractivity contribution in [1.29, 1.82) is 0 Å². The Labute approximate surface area is 153 Å². The van der Waals surface area contributed by atoms with Crippen LogP contribution >= 0.6 is 11.8 Å². The molecule has 3 rings (SSSR count). The molecule has 1 amide bonds. The van der Waals surface area contributed by atoms with Crippen molar-refractivity contribution in [3.63, 3.8) is 0 Å². The molecule has 1 N–H and O–H groups in total. The molecule has 0 unspecified atom stereocenters. The van der Waals surface area contributed by atoms with Crippen molar-refractivity contribution in [2.75, 3.05) is 18.2 Å². The number of benzene rings is 1. The van der Waals surface area contributed by atoms with Gasteiger partial charge in [0.25, 0.3) is 0 Å². The first-order valence-electron chi connectivity index (χ1n) is 7.63. The van der Waals surface area contributed by atoms with Gasteiger partial charge >= 0.3 is 0 Å². The highest BCUT2D eigenvalue weighted by Gasteiger charge is 2.18. The van der Waals surface area contributed by atoms with Crippen LogP contribution in [-0.4, -0.2) is 43.3 Å². The summed E-state index contributed by atoms with van der Waals surface area (Å²) in [6, 6.07) is 5.60. The van der Waals surface area contributed by atoms with Crippen LogP contribution in [0.2, 0.25) is 0 Å². The topological polar surface area (TPSA) is 86.9 Å². The average molecular weight is 376 g/mol. The summed E-state index contributed by atoms with van der Waals surface area (Å²) in [4.78, 5) is 12.0. The van der Waals surface area contributed by atoms with Gasteiger partial charge in [0.15, 0.2) is 11.0 Å². The number of ether oxygens (including phenoxy) is 1. The number of nitrogens with one attached hydrogen (secondary N) is 1. The van der Waals surface area contributed by atoms with Crippen LogP contribution < -0.4 is 10.1 Å². The first-order valence-corrected chi connectivity index (χ1v) is 8.62. The highest BCUT2D eigenvalue weighted by atomic mass is 32.2. The standard InChI is InChI=1S/C16H17FN6O2S/c1-22-8-12(15(21-22)25-3)14-19-20-16(23(14)2)26-9-13(24)18-11-6-4-10(17)5-7-11/h4-8H,9H2,1-3H3,(H,18,24). The van der Waals surface area contributed by atoms with Crippen LogP contribution in [0, 0.1) is 5.82 Å². The zero-order valence-corrected chi connectivity index (χ0v) is 15.2. The fourth-order valence-corrected chi connectivity index (χ4v) is 3.02. The number of hydrogen-bond donors (Lipinski definition) is 1. The molecule has 2 aromatic heterocycles. The zero-order valence-electron chi connectivity index (χ0n) is 14.4. The number of carbonyl (C=O) groups excluding carboxylic acids is 1. The summed E-state index contributed by atoms with van der Waals surface area (Å²) < 4.78 is 21.5. The molecule has 26 heavy (non-hydrogen) atoms. The Hall–Kier alpha value is -2.88. The first kappa shape index (κ1) is 17.9. The lowest BCUT2D eigenvalue weighted by molar-refractivity contribution is -0.113. The highest BCUT2D eigenvalue weighted by Crippen LogP contribution is 2.29. The Morgan fingerprint density at radius 1 is 1.27 bits per heavy atom. The van der Waals surface area contributed by atoms with E-state index in [4.69, 9.17) is 4.74 Å². The molecule has 136 valence electrons. The second kappa shape index (κ2) is 7.56. The molecule has 0 aliphatic heterocycles. The van der Waals surface area contributed by atoms with E-state index in [1.165, 1.54) is 43.1 Å². The molecule has 0 saturated heterocycles. The highest BCUT2D eigenvalue weighted by molar-refractivity contribution is 7.99. The van der Waals surface area contributed by atoms with Gasteiger partial charge in [-0.1, -0.05) is 11.8 Å². The van der Waals surface area contributed by atoms with Gasteiger partial charge in [-0.05, 0) is 24.3 Å². The van der Waals surface area contributed by atoms with Crippen molar-refractivity contribution >= 4 is 23.4 Å². The van der Waals surface area contributed by atoms with Gasteiger partial charge in [0.2, 0.25) is 11.8 Å². The van der Waals surface area contributed by atoms with Gasteiger partial charge < -0.3 is 14.6 Å². The number of nitrogens with zero attached hydrogens (tertiary/aromatic N) is 5. The lowest BCUT2D eigenvalue weighted by atomic mass is 10.3. The first-order chi connectivity index (χ1) is 12.5. The largest absolute Gasteiger partial charge is 0.479 e. The average Bonchev–Trinajstić information content (AvgIpc) is 3.17. The molecule has 10 heteroatoms. The Balaban J connectivity index is 1.66. The molecule has 0 atom stereocenters. The molecule has 0 aliphatic rings. The van der Waals surface area contributed by atoms with E-state index in [1.807, 2.05) is 7.05 Å². The second-order valence-corrected chi connectivity index (χ2v) is 6.38. The fraction of sp³-hybridized carbons (Fsp3) is 0.250. The number of aryl methyl sites for hydroxylation is 1. The van der Waals surface area contributed by atoms with Crippen LogP contribution in [0.15, 0.2) is 35.6 Å². The number of anilines is 1. The predicted octanol–water partition coefficient (Wildman–Crippen LogP) is 2.09. The molecule has 8 nitrogen and oxygen atoms in total. The number of halogens is 1. The number of carbonyl (C=O) groups is 1. The number of amides is 1. The third-order valence-corrected chi connectivity index (χ3v) is 4.54. The van der Waals surface area contributed by atoms with Gasteiger partial charge in [-0.3, -0.25) is 9.48 Å². The van der Waals surface area contributed by atoms with Crippen LogP contribution in [0.1, 0.15) is 0 Å². The SMILES string of the molecule is COc1nn(C)cc1-c1nnc(SCC(=O)Nc2ccc(F)cc2)n1C. The summed E-state index contributed by atoms with van der Waals surface area (Å²) in [5.41, 5.74) is 1.25. The monoisotopic (exact) mass is 376 g/mol. The number of thioether (sulfide) groups is 1. The van der Waals surface area contributed by atoms with E-state index in [0.717, 1.165) is 0 Å². The Morgan fingerprint density at radius 3 is 2.69 bits per heavy atom. The number of hydrogen-bond acceptors (Lipinski definition) is 6. The van der Waals surface area contributed by atoms with Crippen molar-refractivity contribution in [3.8, 4) is 17.3 Å². The van der Waals surface area contributed by atoms with Crippen LogP contribution in [0.5, 0.6) is 5.88 Å². The molecular formula is C16H17FN6O2S. The van der Waals surface area contributed by atoms with E-state index < -0.39 is 0 Å². The molecular weight excluding hydrogens is 359 g/mol. The van der Waals surface area contributed by atoms with E-state index in [0.29, 0.717) is 28.1 Å². The molecule has 0 aliphatic carbocycles. The minimum atomic E-state index is -0.352. The minimum absolute atomic E-state index is 0.146. The van der Waals surface area contributed by atoms with E-state index in [-0.39, 0.29) is 17.5 Å². The number of aromatic nitrogens is 5. The molecule has 0 bridgehead atoms. The van der Waals surface area contributed by atoms with Gasteiger partial charge in [-0.2, -0.15) is 0 Å². The van der Waals surface area contributed by atoms with Crippen molar-refractivity contribution in [3.05, 3.63) is 36.3 Å². The summed E-state index contributed by atoms with van der Waals surface area (Å²) in [7, 11) is 5.14. The Bertz CT molecular complexity index is 921. The van der Waals surface area contributed by atoms with E-state index >= 15 is 0 Å². The molecule has 0 spiro atoms. The third kappa shape index (κ3) is 3.85. The Kier molecular flexibility index (Phi) is 5.21. The van der Waals surface area contributed by atoms with Crippen molar-refractivity contribution < 1.29 is 13.9 Å². The van der Waals surface area contributed by atoms with E-state index in [2.05, 4.69) is 20.6 Å².